The summed E-state index contributed by atoms with van der Waals surface area (Å²) in [6, 6.07) is 22.5. The maximum absolute atomic E-state index is 12.9. The Labute approximate surface area is 216 Å². The zero-order valence-electron chi connectivity index (χ0n) is 19.0. The van der Waals surface area contributed by atoms with Crippen molar-refractivity contribution in [2.24, 2.45) is 0 Å². The van der Waals surface area contributed by atoms with Crippen LogP contribution in [0.3, 0.4) is 0 Å². The van der Waals surface area contributed by atoms with Gasteiger partial charge in [0, 0.05) is 21.8 Å². The van der Waals surface area contributed by atoms with Crippen LogP contribution in [0.1, 0.15) is 11.7 Å². The van der Waals surface area contributed by atoms with Gasteiger partial charge in [0.25, 0.3) is 5.91 Å². The SMILES string of the molecule is O=C(/C=C/[C@@H](Oc1ccccc1)[C@H](OC(=O)Nc1ccc(Br)cc1)c1cccc(OCCO)c1)NO. The lowest BCUT2D eigenvalue weighted by molar-refractivity contribution is -0.124. The van der Waals surface area contributed by atoms with E-state index in [1.807, 2.05) is 6.07 Å². The summed E-state index contributed by atoms with van der Waals surface area (Å²) in [4.78, 5) is 24.6. The smallest absolute Gasteiger partial charge is 0.412 e. The molecule has 3 aromatic carbocycles. The van der Waals surface area contributed by atoms with Crippen LogP contribution in [0.5, 0.6) is 11.5 Å². The first-order valence-corrected chi connectivity index (χ1v) is 11.7. The van der Waals surface area contributed by atoms with E-state index in [0.29, 0.717) is 22.7 Å². The van der Waals surface area contributed by atoms with E-state index in [1.54, 1.807) is 72.8 Å². The zero-order valence-corrected chi connectivity index (χ0v) is 20.6. The Balaban J connectivity index is 1.95. The van der Waals surface area contributed by atoms with Crippen LogP contribution in [0.4, 0.5) is 10.5 Å². The number of hydrogen-bond acceptors (Lipinski definition) is 7. The second kappa shape index (κ2) is 13.9. The van der Waals surface area contributed by atoms with Crippen LogP contribution in [0.2, 0.25) is 0 Å². The Bertz CT molecular complexity index is 1160. The number of carbonyl (C=O) groups is 2. The van der Waals surface area contributed by atoms with Crippen LogP contribution < -0.4 is 20.3 Å². The molecule has 0 aliphatic heterocycles. The number of halogens is 1. The third-order valence-electron chi connectivity index (χ3n) is 4.73. The predicted molar refractivity (Wildman–Crippen MR) is 136 cm³/mol. The number of hydroxylamine groups is 1. The van der Waals surface area contributed by atoms with Gasteiger partial charge in [-0.25, -0.2) is 10.3 Å². The molecule has 0 aliphatic carbocycles. The Hall–Kier alpha value is -3.86. The number of aliphatic hydroxyl groups excluding tert-OH is 1. The van der Waals surface area contributed by atoms with Crippen molar-refractivity contribution in [1.29, 1.82) is 0 Å². The van der Waals surface area contributed by atoms with Gasteiger partial charge in [-0.05, 0) is 54.6 Å². The number of ether oxygens (including phenoxy) is 3. The van der Waals surface area contributed by atoms with Crippen LogP contribution in [0, 0.1) is 0 Å². The summed E-state index contributed by atoms with van der Waals surface area (Å²) >= 11 is 3.35. The molecule has 0 spiro atoms. The molecule has 0 saturated carbocycles. The highest BCUT2D eigenvalue weighted by Gasteiger charge is 2.28. The van der Waals surface area contributed by atoms with Gasteiger partial charge in [0.2, 0.25) is 0 Å². The van der Waals surface area contributed by atoms with Crippen molar-refractivity contribution >= 4 is 33.6 Å². The molecule has 36 heavy (non-hydrogen) atoms. The number of nitrogens with one attached hydrogen (secondary N) is 2. The van der Waals surface area contributed by atoms with E-state index in [-0.39, 0.29) is 13.2 Å². The predicted octanol–water partition coefficient (Wildman–Crippen LogP) is 4.62. The molecule has 3 aromatic rings. The average molecular weight is 557 g/mol. The van der Waals surface area contributed by atoms with Gasteiger partial charge in [0.1, 0.15) is 18.1 Å². The first kappa shape index (κ1) is 26.7. The molecular formula is C26H25BrN2O7. The maximum atomic E-state index is 12.9. The summed E-state index contributed by atoms with van der Waals surface area (Å²) in [6.07, 6.45) is -0.333. The number of hydrogen-bond donors (Lipinski definition) is 4. The molecule has 0 radical (unpaired) electrons. The average Bonchev–Trinajstić information content (AvgIpc) is 2.90. The number of carbonyl (C=O) groups excluding carboxylic acids is 2. The van der Waals surface area contributed by atoms with E-state index >= 15 is 0 Å². The van der Waals surface area contributed by atoms with Crippen molar-refractivity contribution in [3.05, 3.63) is 101 Å². The van der Waals surface area contributed by atoms with Gasteiger partial charge in [-0.1, -0.05) is 46.3 Å². The lowest BCUT2D eigenvalue weighted by Crippen LogP contribution is -2.30. The topological polar surface area (TPSA) is 126 Å². The number of para-hydroxylation sites is 1. The summed E-state index contributed by atoms with van der Waals surface area (Å²) in [7, 11) is 0. The monoisotopic (exact) mass is 556 g/mol. The van der Waals surface area contributed by atoms with Crippen molar-refractivity contribution in [1.82, 2.24) is 5.48 Å². The molecule has 9 nitrogen and oxygen atoms in total. The Morgan fingerprint density at radius 2 is 1.69 bits per heavy atom. The molecule has 188 valence electrons. The lowest BCUT2D eigenvalue weighted by atomic mass is 10.0. The molecule has 2 amide bonds. The minimum atomic E-state index is -1.04. The van der Waals surface area contributed by atoms with Crippen molar-refractivity contribution in [3.63, 3.8) is 0 Å². The van der Waals surface area contributed by atoms with Crippen LogP contribution in [-0.4, -0.2) is 41.6 Å². The van der Waals surface area contributed by atoms with Gasteiger partial charge in [-0.15, -0.1) is 0 Å². The number of rotatable bonds is 11. The maximum Gasteiger partial charge on any atom is 0.412 e. The molecule has 0 unspecified atom stereocenters. The highest BCUT2D eigenvalue weighted by Crippen LogP contribution is 2.30. The van der Waals surface area contributed by atoms with E-state index in [0.717, 1.165) is 10.5 Å². The number of anilines is 1. The minimum Gasteiger partial charge on any atom is -0.491 e. The Kier molecular flexibility index (Phi) is 10.3. The summed E-state index contributed by atoms with van der Waals surface area (Å²) in [5.74, 6) is 0.125. The van der Waals surface area contributed by atoms with E-state index in [2.05, 4.69) is 21.2 Å². The first-order valence-electron chi connectivity index (χ1n) is 10.9. The van der Waals surface area contributed by atoms with E-state index < -0.39 is 24.2 Å². The molecule has 0 bridgehead atoms. The molecule has 0 aliphatic rings. The number of benzene rings is 3. The van der Waals surface area contributed by atoms with Gasteiger partial charge >= 0.3 is 6.09 Å². The second-order valence-corrected chi connectivity index (χ2v) is 8.25. The quantitative estimate of drug-likeness (QED) is 0.154. The second-order valence-electron chi connectivity index (χ2n) is 7.33. The normalized spacial score (nSPS) is 12.4. The third-order valence-corrected chi connectivity index (χ3v) is 5.26. The summed E-state index contributed by atoms with van der Waals surface area (Å²) in [5, 5.41) is 20.7. The van der Waals surface area contributed by atoms with Gasteiger partial charge in [0.15, 0.2) is 12.2 Å². The first-order chi connectivity index (χ1) is 17.5. The largest absolute Gasteiger partial charge is 0.491 e. The van der Waals surface area contributed by atoms with Crippen LogP contribution in [0.25, 0.3) is 0 Å². The summed E-state index contributed by atoms with van der Waals surface area (Å²) in [6.45, 7) is -0.0853. The Morgan fingerprint density at radius 3 is 2.39 bits per heavy atom. The molecule has 4 N–H and O–H groups in total. The third kappa shape index (κ3) is 8.42. The molecule has 0 aromatic heterocycles. The zero-order chi connectivity index (χ0) is 25.8. The molecule has 0 fully saturated rings. The molecule has 0 saturated heterocycles. The van der Waals surface area contributed by atoms with Crippen LogP contribution >= 0.6 is 15.9 Å². The minimum absolute atomic E-state index is 0.0829. The fourth-order valence-electron chi connectivity index (χ4n) is 3.14. The van der Waals surface area contributed by atoms with Gasteiger partial charge in [-0.3, -0.25) is 15.3 Å². The van der Waals surface area contributed by atoms with E-state index in [1.165, 1.54) is 11.6 Å². The molecule has 3 rings (SSSR count). The van der Waals surface area contributed by atoms with Crippen molar-refractivity contribution in [2.75, 3.05) is 18.5 Å². The summed E-state index contributed by atoms with van der Waals surface area (Å²) in [5.41, 5.74) is 2.54. The molecule has 2 atom stereocenters. The standard InChI is InChI=1S/C26H25BrN2O7/c27-19-9-11-20(12-10-19)28-26(32)36-25(18-5-4-8-22(17-18)34-16-15-30)23(13-14-24(31)29-33)35-21-6-2-1-3-7-21/h1-14,17,23,25,30,33H,15-16H2,(H,28,32)(H,29,31)/b14-13+/t23-,25-/m1/s1. The molecule has 0 heterocycles. The highest BCUT2D eigenvalue weighted by molar-refractivity contribution is 9.10. The van der Waals surface area contributed by atoms with Crippen LogP contribution in [0.15, 0.2) is 95.5 Å². The fourth-order valence-corrected chi connectivity index (χ4v) is 3.41. The lowest BCUT2D eigenvalue weighted by Gasteiger charge is -2.26. The fraction of sp³-hybridized carbons (Fsp3) is 0.154. The number of aliphatic hydroxyl groups is 1. The molecular weight excluding hydrogens is 532 g/mol. The van der Waals surface area contributed by atoms with Crippen molar-refractivity contribution in [3.8, 4) is 11.5 Å². The van der Waals surface area contributed by atoms with Crippen LogP contribution in [-0.2, 0) is 9.53 Å². The van der Waals surface area contributed by atoms with Gasteiger partial charge < -0.3 is 19.3 Å². The highest BCUT2D eigenvalue weighted by atomic mass is 79.9. The van der Waals surface area contributed by atoms with Gasteiger partial charge in [0.05, 0.1) is 6.61 Å². The van der Waals surface area contributed by atoms with Crippen molar-refractivity contribution < 1.29 is 34.1 Å². The van der Waals surface area contributed by atoms with E-state index in [4.69, 9.17) is 24.5 Å². The molecule has 10 heteroatoms. The Morgan fingerprint density at radius 1 is 0.972 bits per heavy atom. The van der Waals surface area contributed by atoms with E-state index in [9.17, 15) is 9.59 Å². The van der Waals surface area contributed by atoms with Gasteiger partial charge in [-0.2, -0.15) is 0 Å². The van der Waals surface area contributed by atoms with Crippen molar-refractivity contribution in [2.45, 2.75) is 12.2 Å². The summed E-state index contributed by atoms with van der Waals surface area (Å²) < 4.78 is 18.2. The number of amides is 2.